The van der Waals surface area contributed by atoms with Gasteiger partial charge in [-0.25, -0.2) is 9.59 Å². The minimum atomic E-state index is -0.907. The second-order valence-corrected chi connectivity index (χ2v) is 4.20. The summed E-state index contributed by atoms with van der Waals surface area (Å²) in [7, 11) is 3.39. The Hall–Kier alpha value is -3.02. The summed E-state index contributed by atoms with van der Waals surface area (Å²) in [6, 6.07) is 13.6. The molecule has 4 N–H and O–H groups in total. The Morgan fingerprint density at radius 2 is 1.05 bits per heavy atom. The highest BCUT2D eigenvalue weighted by Gasteiger charge is 2.06. The number of rotatable bonds is 4. The third-order valence-electron chi connectivity index (χ3n) is 2.85. The standard InChI is InChI=1S/2C8H9NO2/c2*1-9-7-5-3-2-4-6(7)8(10)11/h2*2-5,9H,1H3,(H,10,11). The zero-order chi connectivity index (χ0) is 16.5. The molecule has 0 aromatic heterocycles. The van der Waals surface area contributed by atoms with Gasteiger partial charge in [-0.15, -0.1) is 0 Å². The van der Waals surface area contributed by atoms with Crippen molar-refractivity contribution in [1.82, 2.24) is 0 Å². The molecule has 2 rings (SSSR count). The van der Waals surface area contributed by atoms with E-state index in [1.54, 1.807) is 62.6 Å². The third kappa shape index (κ3) is 4.52. The Bertz CT molecular complexity index is 599. The van der Waals surface area contributed by atoms with Crippen LogP contribution in [-0.4, -0.2) is 36.2 Å². The summed E-state index contributed by atoms with van der Waals surface area (Å²) in [6.07, 6.45) is 0. The van der Waals surface area contributed by atoms with E-state index >= 15 is 0 Å². The number of nitrogens with one attached hydrogen (secondary N) is 2. The minimum absolute atomic E-state index is 0.301. The van der Waals surface area contributed by atoms with Crippen LogP contribution in [-0.2, 0) is 0 Å². The number of carboxylic acid groups (broad SMARTS) is 2. The molecule has 22 heavy (non-hydrogen) atoms. The van der Waals surface area contributed by atoms with E-state index in [2.05, 4.69) is 10.6 Å². The first-order chi connectivity index (χ1) is 10.5. The van der Waals surface area contributed by atoms with Crippen LogP contribution in [0.4, 0.5) is 11.4 Å². The lowest BCUT2D eigenvalue weighted by molar-refractivity contribution is 0.0687. The first kappa shape index (κ1) is 17.0. The van der Waals surface area contributed by atoms with Gasteiger partial charge in [0.25, 0.3) is 0 Å². The molecule has 116 valence electrons. The number of carbonyl (C=O) groups is 2. The molecule has 0 fully saturated rings. The van der Waals surface area contributed by atoms with Gasteiger partial charge in [0.2, 0.25) is 0 Å². The first-order valence-corrected chi connectivity index (χ1v) is 6.51. The topological polar surface area (TPSA) is 98.7 Å². The van der Waals surface area contributed by atoms with Crippen molar-refractivity contribution in [2.45, 2.75) is 0 Å². The number of hydrogen-bond acceptors (Lipinski definition) is 4. The summed E-state index contributed by atoms with van der Waals surface area (Å²) in [6.45, 7) is 0. The summed E-state index contributed by atoms with van der Waals surface area (Å²) < 4.78 is 0. The van der Waals surface area contributed by atoms with E-state index in [1.807, 2.05) is 0 Å². The van der Waals surface area contributed by atoms with Crippen LogP contribution >= 0.6 is 0 Å². The maximum Gasteiger partial charge on any atom is 0.337 e. The molecule has 6 heteroatoms. The Morgan fingerprint density at radius 1 is 0.727 bits per heavy atom. The Morgan fingerprint density at radius 3 is 1.27 bits per heavy atom. The average molecular weight is 302 g/mol. The second kappa shape index (κ2) is 8.31. The van der Waals surface area contributed by atoms with Gasteiger partial charge in [-0.1, -0.05) is 24.3 Å². The van der Waals surface area contributed by atoms with Crippen molar-refractivity contribution in [2.24, 2.45) is 0 Å². The zero-order valence-electron chi connectivity index (χ0n) is 12.3. The van der Waals surface area contributed by atoms with E-state index in [4.69, 9.17) is 10.2 Å². The molecule has 0 saturated carbocycles. The van der Waals surface area contributed by atoms with Crippen molar-refractivity contribution in [3.63, 3.8) is 0 Å². The molecule has 0 aliphatic carbocycles. The maximum absolute atomic E-state index is 10.5. The highest BCUT2D eigenvalue weighted by Crippen LogP contribution is 2.13. The molecule has 0 radical (unpaired) electrons. The van der Waals surface area contributed by atoms with Crippen LogP contribution < -0.4 is 10.6 Å². The predicted molar refractivity (Wildman–Crippen MR) is 85.9 cm³/mol. The van der Waals surface area contributed by atoms with Gasteiger partial charge in [0.15, 0.2) is 0 Å². The number of carboxylic acids is 2. The lowest BCUT2D eigenvalue weighted by Crippen LogP contribution is -2.01. The number of aromatic carboxylic acids is 2. The van der Waals surface area contributed by atoms with Crippen molar-refractivity contribution in [2.75, 3.05) is 24.7 Å². The molecule has 0 aliphatic heterocycles. The molecule has 2 aromatic rings. The van der Waals surface area contributed by atoms with E-state index in [1.165, 1.54) is 0 Å². The monoisotopic (exact) mass is 302 g/mol. The Balaban J connectivity index is 0.000000220. The van der Waals surface area contributed by atoms with Gasteiger partial charge in [-0.05, 0) is 24.3 Å². The van der Waals surface area contributed by atoms with E-state index in [9.17, 15) is 9.59 Å². The second-order valence-electron chi connectivity index (χ2n) is 4.20. The van der Waals surface area contributed by atoms with Crippen LogP contribution in [0.25, 0.3) is 0 Å². The summed E-state index contributed by atoms with van der Waals surface area (Å²) in [5, 5.41) is 22.9. The predicted octanol–water partition coefficient (Wildman–Crippen LogP) is 2.85. The highest BCUT2D eigenvalue weighted by atomic mass is 16.4. The third-order valence-corrected chi connectivity index (χ3v) is 2.85. The van der Waals surface area contributed by atoms with Crippen LogP contribution in [0.5, 0.6) is 0 Å². The lowest BCUT2D eigenvalue weighted by Gasteiger charge is -2.02. The minimum Gasteiger partial charge on any atom is -0.478 e. The first-order valence-electron chi connectivity index (χ1n) is 6.51. The quantitative estimate of drug-likeness (QED) is 0.693. The molecule has 0 spiro atoms. The molecule has 0 heterocycles. The number of hydrogen-bond donors (Lipinski definition) is 4. The van der Waals surface area contributed by atoms with E-state index in [0.717, 1.165) is 0 Å². The summed E-state index contributed by atoms with van der Waals surface area (Å²) >= 11 is 0. The lowest BCUT2D eigenvalue weighted by atomic mass is 10.2. The van der Waals surface area contributed by atoms with Gasteiger partial charge in [0.1, 0.15) is 0 Å². The fourth-order valence-corrected chi connectivity index (χ4v) is 1.78. The van der Waals surface area contributed by atoms with Crippen molar-refractivity contribution in [1.29, 1.82) is 0 Å². The smallest absolute Gasteiger partial charge is 0.337 e. The molecule has 0 amide bonds. The van der Waals surface area contributed by atoms with Crippen molar-refractivity contribution >= 4 is 23.3 Å². The number of para-hydroxylation sites is 2. The largest absolute Gasteiger partial charge is 0.478 e. The molecule has 0 atom stereocenters. The van der Waals surface area contributed by atoms with Crippen molar-refractivity contribution in [3.8, 4) is 0 Å². The van der Waals surface area contributed by atoms with Crippen LogP contribution in [0.3, 0.4) is 0 Å². The van der Waals surface area contributed by atoms with Gasteiger partial charge in [0, 0.05) is 25.5 Å². The molecule has 0 saturated heterocycles. The van der Waals surface area contributed by atoms with Gasteiger partial charge in [-0.3, -0.25) is 0 Å². The molecular formula is C16H18N2O4. The molecule has 0 bridgehead atoms. The SMILES string of the molecule is CNc1ccccc1C(=O)O.CNc1ccccc1C(=O)O. The Kier molecular flexibility index (Phi) is 6.43. The Labute approximate surface area is 128 Å². The molecule has 6 nitrogen and oxygen atoms in total. The van der Waals surface area contributed by atoms with Crippen LogP contribution in [0.1, 0.15) is 20.7 Å². The van der Waals surface area contributed by atoms with E-state index in [0.29, 0.717) is 22.5 Å². The molecule has 0 aliphatic rings. The number of benzene rings is 2. The normalized spacial score (nSPS) is 9.18. The molecule has 2 aromatic carbocycles. The maximum atomic E-state index is 10.5. The van der Waals surface area contributed by atoms with Gasteiger partial charge in [0.05, 0.1) is 11.1 Å². The summed E-state index contributed by atoms with van der Waals surface area (Å²) in [5.41, 5.74) is 1.88. The molecular weight excluding hydrogens is 284 g/mol. The van der Waals surface area contributed by atoms with Crippen LogP contribution in [0.2, 0.25) is 0 Å². The fourth-order valence-electron chi connectivity index (χ4n) is 1.78. The molecule has 0 unspecified atom stereocenters. The van der Waals surface area contributed by atoms with Gasteiger partial charge >= 0.3 is 11.9 Å². The average Bonchev–Trinajstić information content (AvgIpc) is 2.55. The van der Waals surface area contributed by atoms with E-state index in [-0.39, 0.29) is 0 Å². The van der Waals surface area contributed by atoms with E-state index < -0.39 is 11.9 Å². The summed E-state index contributed by atoms with van der Waals surface area (Å²) in [5.74, 6) is -1.81. The van der Waals surface area contributed by atoms with Crippen LogP contribution in [0, 0.1) is 0 Å². The number of anilines is 2. The van der Waals surface area contributed by atoms with Crippen molar-refractivity contribution in [3.05, 3.63) is 59.7 Å². The highest BCUT2D eigenvalue weighted by molar-refractivity contribution is 5.94. The van der Waals surface area contributed by atoms with Gasteiger partial charge in [-0.2, -0.15) is 0 Å². The zero-order valence-corrected chi connectivity index (χ0v) is 12.3. The van der Waals surface area contributed by atoms with Crippen molar-refractivity contribution < 1.29 is 19.8 Å². The van der Waals surface area contributed by atoms with Gasteiger partial charge < -0.3 is 20.8 Å². The van der Waals surface area contributed by atoms with Crippen LogP contribution in [0.15, 0.2) is 48.5 Å². The fraction of sp³-hybridized carbons (Fsp3) is 0.125. The summed E-state index contributed by atoms with van der Waals surface area (Å²) in [4.78, 5) is 21.1.